The molecule has 2 aromatic carbocycles. The third-order valence-corrected chi connectivity index (χ3v) is 13.0. The van der Waals surface area contributed by atoms with E-state index < -0.39 is 53.7 Å². The van der Waals surface area contributed by atoms with Gasteiger partial charge in [0.25, 0.3) is 5.91 Å². The second-order valence-corrected chi connectivity index (χ2v) is 18.7. The highest BCUT2D eigenvalue weighted by atomic mass is 32.1. The number of hydrogen-bond acceptors (Lipinski definition) is 12. The number of amides is 4. The number of ether oxygens (including phenoxy) is 2. The zero-order valence-electron chi connectivity index (χ0n) is 36.4. The zero-order valence-corrected chi connectivity index (χ0v) is 38.0. The second-order valence-electron chi connectivity index (χ2n) is 17.0. The van der Waals surface area contributed by atoms with Crippen LogP contribution in [0.4, 0.5) is 13.9 Å². The van der Waals surface area contributed by atoms with E-state index in [2.05, 4.69) is 30.8 Å². The minimum atomic E-state index is -1.20. The summed E-state index contributed by atoms with van der Waals surface area (Å²) in [5.41, 5.74) is 4.66. The van der Waals surface area contributed by atoms with E-state index in [0.717, 1.165) is 32.9 Å². The van der Waals surface area contributed by atoms with Crippen LogP contribution in [-0.4, -0.2) is 108 Å². The summed E-state index contributed by atoms with van der Waals surface area (Å²) in [6, 6.07) is 8.08. The summed E-state index contributed by atoms with van der Waals surface area (Å²) in [5.74, 6) is -4.29. The molecule has 18 heteroatoms. The lowest BCUT2D eigenvalue weighted by atomic mass is 9.85. The molecule has 14 nitrogen and oxygen atoms in total. The molecule has 4 heterocycles. The fraction of sp³-hybridized carbons (Fsp3) is 0.511. The van der Waals surface area contributed by atoms with E-state index in [0.29, 0.717) is 64.2 Å². The van der Waals surface area contributed by atoms with Gasteiger partial charge in [-0.25, -0.2) is 14.4 Å². The van der Waals surface area contributed by atoms with Crippen molar-refractivity contribution >= 4 is 51.4 Å². The number of carbonyl (C=O) groups is 4. The zero-order chi connectivity index (χ0) is 45.3. The SMILES string of the molecule is Cc1ncsc1-c1ccc([C@H](C)NC(=O)[C@@H]2C[C@@H](O)CN2C(=O)C(NC(=O)CCCCCCNC(=O)COc2c(-c3csc(N4CCOCC4)n3)ccc(F)c2F)C(C)(C)C)cc1. The van der Waals surface area contributed by atoms with Crippen molar-refractivity contribution in [3.63, 3.8) is 0 Å². The molecule has 340 valence electrons. The first-order valence-electron chi connectivity index (χ1n) is 21.4. The molecule has 0 saturated carbocycles. The highest BCUT2D eigenvalue weighted by Crippen LogP contribution is 2.37. The molecular weight excluding hydrogens is 853 g/mol. The summed E-state index contributed by atoms with van der Waals surface area (Å²) in [7, 11) is 0. The van der Waals surface area contributed by atoms with Crippen LogP contribution in [0.15, 0.2) is 47.3 Å². The van der Waals surface area contributed by atoms with Crippen molar-refractivity contribution < 1.29 is 42.5 Å². The van der Waals surface area contributed by atoms with Gasteiger partial charge in [0.2, 0.25) is 23.5 Å². The maximum absolute atomic E-state index is 14.9. The Kier molecular flexibility index (Phi) is 16.2. The highest BCUT2D eigenvalue weighted by molar-refractivity contribution is 7.14. The van der Waals surface area contributed by atoms with Gasteiger partial charge in [-0.1, -0.05) is 57.9 Å². The Morgan fingerprint density at radius 1 is 0.984 bits per heavy atom. The van der Waals surface area contributed by atoms with Crippen molar-refractivity contribution in [1.29, 1.82) is 0 Å². The molecule has 63 heavy (non-hydrogen) atoms. The molecule has 4 atom stereocenters. The van der Waals surface area contributed by atoms with Gasteiger partial charge >= 0.3 is 0 Å². The number of nitrogens with zero attached hydrogens (tertiary/aromatic N) is 4. The van der Waals surface area contributed by atoms with Gasteiger partial charge in [0.15, 0.2) is 23.3 Å². The Hall–Kier alpha value is -5.04. The number of aryl methyl sites for hydroxylation is 1. The standard InChI is InChI=1S/C45H57F2N7O7S2/c1-27(29-11-13-30(14-12-29)40-28(2)49-26-63-40)50-42(58)35-22-31(55)23-54(35)43(59)41(45(3,4)5)52-36(56)10-8-6-7-9-17-48-37(57)24-61-39-32(15-16-33(46)38(39)47)34-25-62-44(51-34)53-18-20-60-21-19-53/h11-16,25-27,31,35,41,55H,6-10,17-24H2,1-5H3,(H,48,57)(H,50,58)(H,52,56)/t27-,31+,35-,41?/m0/s1. The first-order valence-corrected chi connectivity index (χ1v) is 23.1. The number of hydrogen-bond donors (Lipinski definition) is 4. The van der Waals surface area contributed by atoms with Crippen LogP contribution in [0.5, 0.6) is 5.75 Å². The number of halogens is 2. The lowest BCUT2D eigenvalue weighted by Gasteiger charge is -2.35. The molecule has 0 aliphatic carbocycles. The predicted molar refractivity (Wildman–Crippen MR) is 238 cm³/mol. The predicted octanol–water partition coefficient (Wildman–Crippen LogP) is 6.17. The third kappa shape index (κ3) is 12.4. The van der Waals surface area contributed by atoms with Crippen molar-refractivity contribution in [1.82, 2.24) is 30.8 Å². The Balaban J connectivity index is 0.919. The number of likely N-dealkylation sites (tertiary alicyclic amines) is 1. The number of anilines is 1. The van der Waals surface area contributed by atoms with Crippen LogP contribution in [0.3, 0.4) is 0 Å². The maximum Gasteiger partial charge on any atom is 0.257 e. The molecule has 2 saturated heterocycles. The molecule has 6 rings (SSSR count). The van der Waals surface area contributed by atoms with Crippen LogP contribution in [0.25, 0.3) is 21.7 Å². The molecule has 2 aliphatic rings. The van der Waals surface area contributed by atoms with Gasteiger partial charge in [-0.3, -0.25) is 19.2 Å². The van der Waals surface area contributed by atoms with Crippen molar-refractivity contribution in [3.8, 4) is 27.4 Å². The van der Waals surface area contributed by atoms with E-state index in [-0.39, 0.29) is 48.6 Å². The van der Waals surface area contributed by atoms with E-state index in [1.165, 1.54) is 22.3 Å². The normalized spacial score (nSPS) is 17.6. The van der Waals surface area contributed by atoms with Crippen molar-refractivity contribution in [2.75, 3.05) is 50.9 Å². The molecule has 2 aromatic heterocycles. The molecule has 4 aromatic rings. The van der Waals surface area contributed by atoms with Crippen LogP contribution in [0, 0.1) is 24.0 Å². The van der Waals surface area contributed by atoms with E-state index in [9.17, 15) is 33.1 Å². The minimum Gasteiger partial charge on any atom is -0.480 e. The average Bonchev–Trinajstić information content (AvgIpc) is 4.03. The number of thiazole rings is 2. The number of carbonyl (C=O) groups excluding carboxylic acids is 4. The van der Waals surface area contributed by atoms with Crippen LogP contribution < -0.4 is 25.6 Å². The van der Waals surface area contributed by atoms with E-state index in [4.69, 9.17) is 9.47 Å². The lowest BCUT2D eigenvalue weighted by molar-refractivity contribution is -0.144. The van der Waals surface area contributed by atoms with Gasteiger partial charge in [-0.05, 0) is 55.4 Å². The second kappa shape index (κ2) is 21.6. The monoisotopic (exact) mass is 909 g/mol. The quantitative estimate of drug-likeness (QED) is 0.0846. The minimum absolute atomic E-state index is 0.0227. The van der Waals surface area contributed by atoms with Crippen LogP contribution in [0.1, 0.15) is 83.5 Å². The Bertz CT molecular complexity index is 2210. The largest absolute Gasteiger partial charge is 0.480 e. The number of nitrogens with one attached hydrogen (secondary N) is 3. The van der Waals surface area contributed by atoms with Gasteiger partial charge < -0.3 is 40.3 Å². The Labute approximate surface area is 374 Å². The fourth-order valence-electron chi connectivity index (χ4n) is 7.59. The molecule has 4 N–H and O–H groups in total. The summed E-state index contributed by atoms with van der Waals surface area (Å²) in [6.07, 6.45) is 1.89. The van der Waals surface area contributed by atoms with E-state index in [1.807, 2.05) is 58.9 Å². The summed E-state index contributed by atoms with van der Waals surface area (Å²) >= 11 is 2.94. The number of β-amino-alcohol motifs (C(OH)–C–C–N with tert-alkyl or cyclic N) is 1. The highest BCUT2D eigenvalue weighted by Gasteiger charge is 2.44. The number of benzene rings is 2. The molecule has 2 fully saturated rings. The molecule has 1 unspecified atom stereocenters. The third-order valence-electron chi connectivity index (χ3n) is 11.2. The topological polar surface area (TPSA) is 175 Å². The number of morpholine rings is 1. The lowest BCUT2D eigenvalue weighted by Crippen LogP contribution is -2.57. The van der Waals surface area contributed by atoms with Gasteiger partial charge in [-0.15, -0.1) is 22.7 Å². The van der Waals surface area contributed by atoms with Gasteiger partial charge in [-0.2, -0.15) is 4.39 Å². The molecule has 0 spiro atoms. The number of aliphatic hydroxyl groups excluding tert-OH is 1. The van der Waals surface area contributed by atoms with Crippen LogP contribution in [-0.2, 0) is 23.9 Å². The first-order chi connectivity index (χ1) is 30.1. The maximum atomic E-state index is 14.9. The smallest absolute Gasteiger partial charge is 0.257 e. The number of aromatic nitrogens is 2. The molecule has 2 aliphatic heterocycles. The summed E-state index contributed by atoms with van der Waals surface area (Å²) in [5, 5.41) is 21.7. The van der Waals surface area contributed by atoms with Crippen molar-refractivity contribution in [3.05, 3.63) is 70.2 Å². The summed E-state index contributed by atoms with van der Waals surface area (Å²) in [6.45, 7) is 11.6. The Morgan fingerprint density at radius 2 is 1.71 bits per heavy atom. The number of unbranched alkanes of at least 4 members (excludes halogenated alkanes) is 3. The van der Waals surface area contributed by atoms with Gasteiger partial charge in [0, 0.05) is 50.0 Å². The van der Waals surface area contributed by atoms with E-state index in [1.54, 1.807) is 22.2 Å². The molecule has 4 amide bonds. The summed E-state index contributed by atoms with van der Waals surface area (Å²) < 4.78 is 40.1. The van der Waals surface area contributed by atoms with Gasteiger partial charge in [0.05, 0.1) is 47.1 Å². The fourth-order valence-corrected chi connectivity index (χ4v) is 9.28. The van der Waals surface area contributed by atoms with Crippen molar-refractivity contribution in [2.24, 2.45) is 5.41 Å². The number of rotatable bonds is 18. The molecule has 0 radical (unpaired) electrons. The van der Waals surface area contributed by atoms with Crippen LogP contribution in [0.2, 0.25) is 0 Å². The Morgan fingerprint density at radius 3 is 2.41 bits per heavy atom. The van der Waals surface area contributed by atoms with Crippen molar-refractivity contribution in [2.45, 2.75) is 97.4 Å². The average molecular weight is 910 g/mol. The van der Waals surface area contributed by atoms with Crippen LogP contribution >= 0.6 is 22.7 Å². The summed E-state index contributed by atoms with van der Waals surface area (Å²) in [4.78, 5) is 66.9. The molecular formula is C45H57F2N7O7S2. The molecule has 0 bridgehead atoms. The van der Waals surface area contributed by atoms with Gasteiger partial charge in [0.1, 0.15) is 12.1 Å². The first kappa shape index (κ1) is 47.4. The number of aliphatic hydroxyl groups is 1. The van der Waals surface area contributed by atoms with E-state index >= 15 is 0 Å².